The Bertz CT molecular complexity index is 1250. The van der Waals surface area contributed by atoms with Crippen LogP contribution in [0.3, 0.4) is 0 Å². The molecule has 4 rings (SSSR count). The lowest BCUT2D eigenvalue weighted by atomic mass is 10.1. The Balaban J connectivity index is 1.46. The van der Waals surface area contributed by atoms with Crippen LogP contribution in [0.1, 0.15) is 21.7 Å². The molecule has 7 nitrogen and oxygen atoms in total. The summed E-state index contributed by atoms with van der Waals surface area (Å²) in [7, 11) is 0. The van der Waals surface area contributed by atoms with Crippen molar-refractivity contribution in [3.8, 4) is 5.75 Å². The lowest BCUT2D eigenvalue weighted by molar-refractivity contribution is -0.145. The molecule has 2 N–H and O–H groups in total. The highest BCUT2D eigenvalue weighted by Crippen LogP contribution is 2.20. The number of para-hydroxylation sites is 2. The third-order valence-corrected chi connectivity index (χ3v) is 5.09. The van der Waals surface area contributed by atoms with Gasteiger partial charge in [-0.15, -0.1) is 0 Å². The average Bonchev–Trinajstić information content (AvgIpc) is 3.15. The third kappa shape index (κ3) is 5.07. The Morgan fingerprint density at radius 2 is 1.66 bits per heavy atom. The summed E-state index contributed by atoms with van der Waals surface area (Å²) in [6.45, 7) is 0.248. The van der Waals surface area contributed by atoms with Crippen LogP contribution in [-0.4, -0.2) is 21.4 Å². The maximum Gasteiger partial charge on any atom is 0.326 e. The number of hydrogen-bond acceptors (Lipinski definition) is 5. The highest BCUT2D eigenvalue weighted by atomic mass is 35.5. The second kappa shape index (κ2) is 9.53. The first kappa shape index (κ1) is 21.4. The molecule has 1 heterocycles. The number of nitrogens with two attached hydrogens (primary N) is 1. The number of fused-ring (bicyclic) bond motifs is 1. The number of carbonyl (C=O) groups excluding carboxylic acids is 2. The van der Waals surface area contributed by atoms with E-state index in [1.807, 2.05) is 24.3 Å². The van der Waals surface area contributed by atoms with E-state index in [1.165, 1.54) is 0 Å². The fourth-order valence-corrected chi connectivity index (χ4v) is 3.32. The van der Waals surface area contributed by atoms with Gasteiger partial charge in [0.15, 0.2) is 0 Å². The van der Waals surface area contributed by atoms with Crippen molar-refractivity contribution in [2.75, 3.05) is 0 Å². The van der Waals surface area contributed by atoms with Crippen LogP contribution in [0, 0.1) is 0 Å². The van der Waals surface area contributed by atoms with Crippen molar-refractivity contribution in [2.45, 2.75) is 19.8 Å². The number of benzene rings is 3. The molecule has 0 saturated carbocycles. The topological polar surface area (TPSA) is 96.4 Å². The number of esters is 1. The number of aromatic nitrogens is 2. The Kier molecular flexibility index (Phi) is 6.37. The van der Waals surface area contributed by atoms with Crippen molar-refractivity contribution in [1.29, 1.82) is 0 Å². The van der Waals surface area contributed by atoms with Gasteiger partial charge in [-0.2, -0.15) is 0 Å². The molecule has 0 spiro atoms. The molecule has 162 valence electrons. The number of imidazole rings is 1. The summed E-state index contributed by atoms with van der Waals surface area (Å²) in [6, 6.07) is 21.2. The van der Waals surface area contributed by atoms with E-state index in [4.69, 9.17) is 26.8 Å². The van der Waals surface area contributed by atoms with Gasteiger partial charge in [-0.25, -0.2) is 4.98 Å². The summed E-state index contributed by atoms with van der Waals surface area (Å²) in [5, 5.41) is 0.622. The Morgan fingerprint density at radius 3 is 2.38 bits per heavy atom. The maximum atomic E-state index is 12.6. The molecule has 0 saturated heterocycles. The smallest absolute Gasteiger partial charge is 0.326 e. The van der Waals surface area contributed by atoms with E-state index in [0.717, 1.165) is 16.6 Å². The van der Waals surface area contributed by atoms with Gasteiger partial charge < -0.3 is 19.8 Å². The number of halogens is 1. The number of hydrogen-bond donors (Lipinski definition) is 1. The van der Waals surface area contributed by atoms with Crippen LogP contribution in [0.15, 0.2) is 72.8 Å². The van der Waals surface area contributed by atoms with Gasteiger partial charge in [-0.1, -0.05) is 35.9 Å². The lowest BCUT2D eigenvalue weighted by Gasteiger charge is -2.11. The molecule has 0 aliphatic carbocycles. The van der Waals surface area contributed by atoms with Gasteiger partial charge in [0.2, 0.25) is 5.91 Å². The Hall–Kier alpha value is -3.84. The molecule has 0 atom stereocenters. The van der Waals surface area contributed by atoms with Gasteiger partial charge in [0.1, 0.15) is 31.3 Å². The van der Waals surface area contributed by atoms with Gasteiger partial charge in [-0.05, 0) is 54.1 Å². The first-order valence-corrected chi connectivity index (χ1v) is 10.2. The largest absolute Gasteiger partial charge is 0.486 e. The fraction of sp³-hybridized carbons (Fsp3) is 0.125. The monoisotopic (exact) mass is 449 g/mol. The standard InChI is InChI=1S/C24H20ClN3O4/c25-18-9-11-19(12-10-18)31-15-22-27-20-3-1-2-4-21(20)28(22)13-23(29)32-14-16-5-7-17(8-6-16)24(26)30/h1-12H,13-15H2,(H2,26,30). The third-order valence-electron chi connectivity index (χ3n) is 4.84. The molecule has 32 heavy (non-hydrogen) atoms. The summed E-state index contributed by atoms with van der Waals surface area (Å²) in [6.07, 6.45) is 0. The van der Waals surface area contributed by atoms with E-state index < -0.39 is 11.9 Å². The van der Waals surface area contributed by atoms with Crippen molar-refractivity contribution in [3.63, 3.8) is 0 Å². The van der Waals surface area contributed by atoms with Crippen molar-refractivity contribution in [2.24, 2.45) is 5.73 Å². The van der Waals surface area contributed by atoms with Crippen molar-refractivity contribution in [3.05, 3.63) is 94.8 Å². The summed E-state index contributed by atoms with van der Waals surface area (Å²) in [5.41, 5.74) is 7.97. The molecule has 8 heteroatoms. The van der Waals surface area contributed by atoms with Crippen LogP contribution in [0.25, 0.3) is 11.0 Å². The lowest BCUT2D eigenvalue weighted by Crippen LogP contribution is -2.17. The van der Waals surface area contributed by atoms with Gasteiger partial charge in [0, 0.05) is 10.6 Å². The zero-order valence-corrected chi connectivity index (χ0v) is 17.8. The number of rotatable bonds is 8. The molecule has 0 aliphatic heterocycles. The normalized spacial score (nSPS) is 10.8. The van der Waals surface area contributed by atoms with Crippen molar-refractivity contribution < 1.29 is 19.1 Å². The predicted octanol–water partition coefficient (Wildman–Crippen LogP) is 4.11. The van der Waals surface area contributed by atoms with E-state index >= 15 is 0 Å². The minimum atomic E-state index is -0.506. The van der Waals surface area contributed by atoms with Gasteiger partial charge in [0.25, 0.3) is 0 Å². The summed E-state index contributed by atoms with van der Waals surface area (Å²) >= 11 is 5.92. The zero-order chi connectivity index (χ0) is 22.5. The second-order valence-electron chi connectivity index (χ2n) is 7.07. The quantitative estimate of drug-likeness (QED) is 0.408. The number of primary amides is 1. The highest BCUT2D eigenvalue weighted by molar-refractivity contribution is 6.30. The maximum absolute atomic E-state index is 12.6. The molecule has 1 aromatic heterocycles. The molecule has 4 aromatic rings. The number of carbonyl (C=O) groups is 2. The van der Waals surface area contributed by atoms with E-state index in [-0.39, 0.29) is 19.8 Å². The molecule has 0 unspecified atom stereocenters. The molecule has 0 fully saturated rings. The molecule has 3 aromatic carbocycles. The first-order valence-electron chi connectivity index (χ1n) is 9.86. The van der Waals surface area contributed by atoms with Crippen LogP contribution in [-0.2, 0) is 29.3 Å². The van der Waals surface area contributed by atoms with E-state index in [1.54, 1.807) is 53.1 Å². The van der Waals surface area contributed by atoms with Crippen molar-refractivity contribution >= 4 is 34.5 Å². The summed E-state index contributed by atoms with van der Waals surface area (Å²) in [5.74, 6) is 0.327. The minimum Gasteiger partial charge on any atom is -0.486 e. The van der Waals surface area contributed by atoms with E-state index in [0.29, 0.717) is 22.2 Å². The van der Waals surface area contributed by atoms with Gasteiger partial charge >= 0.3 is 5.97 Å². The van der Waals surface area contributed by atoms with E-state index in [2.05, 4.69) is 4.98 Å². The van der Waals surface area contributed by atoms with Crippen LogP contribution >= 0.6 is 11.6 Å². The Labute approximate surface area is 189 Å². The van der Waals surface area contributed by atoms with Gasteiger partial charge in [-0.3, -0.25) is 9.59 Å². The molecular weight excluding hydrogens is 430 g/mol. The SMILES string of the molecule is NC(=O)c1ccc(COC(=O)Cn2c(COc3ccc(Cl)cc3)nc3ccccc32)cc1. The minimum absolute atomic E-state index is 0.0147. The summed E-state index contributed by atoms with van der Waals surface area (Å²) < 4.78 is 13.0. The van der Waals surface area contributed by atoms with E-state index in [9.17, 15) is 9.59 Å². The van der Waals surface area contributed by atoms with Crippen molar-refractivity contribution in [1.82, 2.24) is 9.55 Å². The second-order valence-corrected chi connectivity index (χ2v) is 7.50. The number of ether oxygens (including phenoxy) is 2. The first-order chi connectivity index (χ1) is 15.5. The van der Waals surface area contributed by atoms with Crippen LogP contribution in [0.5, 0.6) is 5.75 Å². The highest BCUT2D eigenvalue weighted by Gasteiger charge is 2.15. The zero-order valence-electron chi connectivity index (χ0n) is 17.0. The fourth-order valence-electron chi connectivity index (χ4n) is 3.19. The van der Waals surface area contributed by atoms with Crippen LogP contribution in [0.2, 0.25) is 5.02 Å². The number of nitrogens with zero attached hydrogens (tertiary/aromatic N) is 2. The van der Waals surface area contributed by atoms with Gasteiger partial charge in [0.05, 0.1) is 11.0 Å². The molecular formula is C24H20ClN3O4. The van der Waals surface area contributed by atoms with Crippen LogP contribution < -0.4 is 10.5 Å². The molecule has 0 bridgehead atoms. The molecule has 0 aliphatic rings. The molecule has 1 amide bonds. The number of amides is 1. The molecule has 0 radical (unpaired) electrons. The predicted molar refractivity (Wildman–Crippen MR) is 120 cm³/mol. The Morgan fingerprint density at radius 1 is 0.938 bits per heavy atom. The summed E-state index contributed by atoms with van der Waals surface area (Å²) in [4.78, 5) is 28.3. The van der Waals surface area contributed by atoms with Crippen LogP contribution in [0.4, 0.5) is 0 Å². The average molecular weight is 450 g/mol.